The van der Waals surface area contributed by atoms with Crippen LogP contribution in [-0.2, 0) is 21.1 Å². The van der Waals surface area contributed by atoms with Gasteiger partial charge in [-0.05, 0) is 24.8 Å². The monoisotopic (exact) mass is 413 g/mol. The number of rotatable bonds is 5. The lowest BCUT2D eigenvalue weighted by Crippen LogP contribution is -2.40. The smallest absolute Gasteiger partial charge is 0.252 e. The number of carbonyl (C=O) groups excluding carboxylic acids is 1. The highest BCUT2D eigenvalue weighted by Gasteiger charge is 2.31. The Labute approximate surface area is 169 Å². The minimum absolute atomic E-state index is 0.0864. The zero-order chi connectivity index (χ0) is 20.4. The van der Waals surface area contributed by atoms with Gasteiger partial charge in [0, 0.05) is 31.7 Å². The zero-order valence-electron chi connectivity index (χ0n) is 16.2. The quantitative estimate of drug-likeness (QED) is 0.633. The molecule has 1 atom stereocenters. The van der Waals surface area contributed by atoms with Gasteiger partial charge in [0.15, 0.2) is 9.84 Å². The maximum absolute atomic E-state index is 12.8. The van der Waals surface area contributed by atoms with Crippen LogP contribution in [-0.4, -0.2) is 58.2 Å². The van der Waals surface area contributed by atoms with E-state index < -0.39 is 9.84 Å². The number of benzene rings is 1. The maximum Gasteiger partial charge on any atom is 0.252 e. The minimum atomic E-state index is -3.49. The molecule has 0 bridgehead atoms. The van der Waals surface area contributed by atoms with Crippen LogP contribution in [0.1, 0.15) is 36.4 Å². The van der Waals surface area contributed by atoms with E-state index >= 15 is 0 Å². The van der Waals surface area contributed by atoms with Gasteiger partial charge < -0.3 is 4.90 Å². The fourth-order valence-corrected chi connectivity index (χ4v) is 4.80. The van der Waals surface area contributed by atoms with E-state index in [0.717, 1.165) is 18.4 Å². The predicted molar refractivity (Wildman–Crippen MR) is 107 cm³/mol. The first kappa shape index (κ1) is 19.5. The molecule has 1 fully saturated rings. The standard InChI is InChI=1S/C20H23N5O3S/c1-29(27,28)17-12-21-20-22-14-23-25(20)19(17)16-8-5-11-24(13-16)18(26)10-9-15-6-3-2-4-7-15/h2-4,6-7,12,14,16H,5,8-11,13H2,1H3/t16-/m1/s1. The number of sulfone groups is 1. The summed E-state index contributed by atoms with van der Waals surface area (Å²) in [5.41, 5.74) is 1.70. The summed E-state index contributed by atoms with van der Waals surface area (Å²) in [6, 6.07) is 9.93. The predicted octanol–water partition coefficient (Wildman–Crippen LogP) is 1.87. The Hall–Kier alpha value is -2.81. The van der Waals surface area contributed by atoms with Gasteiger partial charge in [0.25, 0.3) is 5.78 Å². The van der Waals surface area contributed by atoms with E-state index in [-0.39, 0.29) is 16.7 Å². The average Bonchev–Trinajstić information content (AvgIpc) is 3.20. The van der Waals surface area contributed by atoms with Crippen LogP contribution in [0.4, 0.5) is 0 Å². The first-order valence-corrected chi connectivity index (χ1v) is 11.5. The highest BCUT2D eigenvalue weighted by Crippen LogP contribution is 2.31. The lowest BCUT2D eigenvalue weighted by Gasteiger charge is -2.33. The van der Waals surface area contributed by atoms with Gasteiger partial charge in [-0.1, -0.05) is 30.3 Å². The molecule has 1 aromatic carbocycles. The Morgan fingerprint density at radius 1 is 1.21 bits per heavy atom. The van der Waals surface area contributed by atoms with Crippen molar-refractivity contribution in [3.63, 3.8) is 0 Å². The fraction of sp³-hybridized carbons (Fsp3) is 0.400. The van der Waals surface area contributed by atoms with E-state index in [4.69, 9.17) is 0 Å². The van der Waals surface area contributed by atoms with Crippen molar-refractivity contribution in [3.8, 4) is 0 Å². The second-order valence-electron chi connectivity index (χ2n) is 7.42. The summed E-state index contributed by atoms with van der Waals surface area (Å²) in [6.07, 6.45) is 6.60. The third-order valence-corrected chi connectivity index (χ3v) is 6.45. The van der Waals surface area contributed by atoms with E-state index in [1.54, 1.807) is 0 Å². The third kappa shape index (κ3) is 4.14. The molecule has 0 aliphatic carbocycles. The van der Waals surface area contributed by atoms with E-state index in [1.807, 2.05) is 35.2 Å². The zero-order valence-corrected chi connectivity index (χ0v) is 17.0. The van der Waals surface area contributed by atoms with Gasteiger partial charge in [-0.15, -0.1) is 0 Å². The minimum Gasteiger partial charge on any atom is -0.342 e. The molecular formula is C20H23N5O3S. The number of amides is 1. The van der Waals surface area contributed by atoms with E-state index in [9.17, 15) is 13.2 Å². The van der Waals surface area contributed by atoms with Crippen LogP contribution >= 0.6 is 0 Å². The number of carbonyl (C=O) groups is 1. The molecule has 2 aromatic heterocycles. The Kier molecular flexibility index (Phi) is 5.31. The summed E-state index contributed by atoms with van der Waals surface area (Å²) in [4.78, 5) is 23.0. The van der Waals surface area contributed by atoms with E-state index in [1.165, 1.54) is 23.3 Å². The topological polar surface area (TPSA) is 97.5 Å². The SMILES string of the molecule is CS(=O)(=O)c1cnc2ncnn2c1[C@@H]1CCCN(C(=O)CCc2ccccc2)C1. The molecule has 0 saturated carbocycles. The van der Waals surface area contributed by atoms with Crippen molar-refractivity contribution in [2.24, 2.45) is 0 Å². The van der Waals surface area contributed by atoms with Crippen molar-refractivity contribution >= 4 is 21.5 Å². The molecule has 0 radical (unpaired) electrons. The summed E-state index contributed by atoms with van der Waals surface area (Å²) in [5.74, 6) is 0.310. The normalized spacial score (nSPS) is 17.6. The van der Waals surface area contributed by atoms with Crippen molar-refractivity contribution in [2.75, 3.05) is 19.3 Å². The highest BCUT2D eigenvalue weighted by atomic mass is 32.2. The molecule has 152 valence electrons. The average molecular weight is 414 g/mol. The summed E-state index contributed by atoms with van der Waals surface area (Å²) < 4.78 is 26.2. The first-order chi connectivity index (χ1) is 13.9. The Bertz CT molecular complexity index is 1130. The number of nitrogens with zero attached hydrogens (tertiary/aromatic N) is 5. The number of piperidine rings is 1. The van der Waals surface area contributed by atoms with Gasteiger partial charge in [-0.3, -0.25) is 4.79 Å². The molecule has 1 aliphatic heterocycles. The molecule has 0 unspecified atom stereocenters. The van der Waals surface area contributed by atoms with Crippen molar-refractivity contribution < 1.29 is 13.2 Å². The molecule has 3 aromatic rings. The number of aromatic nitrogens is 4. The van der Waals surface area contributed by atoms with Crippen molar-refractivity contribution in [1.29, 1.82) is 0 Å². The van der Waals surface area contributed by atoms with E-state index in [0.29, 0.717) is 37.4 Å². The van der Waals surface area contributed by atoms with Crippen molar-refractivity contribution in [3.05, 3.63) is 54.1 Å². The van der Waals surface area contributed by atoms with Crippen LogP contribution in [0.2, 0.25) is 0 Å². The molecule has 0 N–H and O–H groups in total. The van der Waals surface area contributed by atoms with E-state index in [2.05, 4.69) is 15.1 Å². The summed E-state index contributed by atoms with van der Waals surface area (Å²) in [6.45, 7) is 1.15. The molecule has 1 amide bonds. The van der Waals surface area contributed by atoms with Gasteiger partial charge in [-0.2, -0.15) is 14.6 Å². The summed E-state index contributed by atoms with van der Waals surface area (Å²) in [5, 5.41) is 4.19. The van der Waals surface area contributed by atoms with Crippen LogP contribution in [0.15, 0.2) is 47.8 Å². The second kappa shape index (κ2) is 7.90. The van der Waals surface area contributed by atoms with Gasteiger partial charge in [-0.25, -0.2) is 13.4 Å². The Morgan fingerprint density at radius 2 is 2.00 bits per heavy atom. The summed E-state index contributed by atoms with van der Waals surface area (Å²) >= 11 is 0. The number of likely N-dealkylation sites (tertiary alicyclic amines) is 1. The molecule has 29 heavy (non-hydrogen) atoms. The van der Waals surface area contributed by atoms with Crippen molar-refractivity contribution in [2.45, 2.75) is 36.5 Å². The Morgan fingerprint density at radius 3 is 2.76 bits per heavy atom. The number of aryl methyl sites for hydroxylation is 1. The number of hydrogen-bond donors (Lipinski definition) is 0. The molecule has 4 rings (SSSR count). The van der Waals surface area contributed by atoms with Crippen LogP contribution < -0.4 is 0 Å². The lowest BCUT2D eigenvalue weighted by molar-refractivity contribution is -0.132. The molecule has 3 heterocycles. The van der Waals surface area contributed by atoms with Crippen LogP contribution in [0.5, 0.6) is 0 Å². The molecular weight excluding hydrogens is 390 g/mol. The fourth-order valence-electron chi connectivity index (χ4n) is 3.92. The van der Waals surface area contributed by atoms with Gasteiger partial charge >= 0.3 is 0 Å². The second-order valence-corrected chi connectivity index (χ2v) is 9.40. The van der Waals surface area contributed by atoms with Crippen LogP contribution in [0.3, 0.4) is 0 Å². The first-order valence-electron chi connectivity index (χ1n) is 9.64. The molecule has 1 aliphatic rings. The summed E-state index contributed by atoms with van der Waals surface area (Å²) in [7, 11) is -3.49. The van der Waals surface area contributed by atoms with Crippen molar-refractivity contribution in [1.82, 2.24) is 24.5 Å². The van der Waals surface area contributed by atoms with Gasteiger partial charge in [0.2, 0.25) is 5.91 Å². The van der Waals surface area contributed by atoms with Crippen LogP contribution in [0, 0.1) is 0 Å². The van der Waals surface area contributed by atoms with Crippen LogP contribution in [0.25, 0.3) is 5.78 Å². The highest BCUT2D eigenvalue weighted by molar-refractivity contribution is 7.90. The third-order valence-electron chi connectivity index (χ3n) is 5.34. The maximum atomic E-state index is 12.8. The number of fused-ring (bicyclic) bond motifs is 1. The molecule has 9 heteroatoms. The largest absolute Gasteiger partial charge is 0.342 e. The Balaban J connectivity index is 1.57. The van der Waals surface area contributed by atoms with Gasteiger partial charge in [0.05, 0.1) is 11.9 Å². The number of hydrogen-bond acceptors (Lipinski definition) is 6. The molecule has 8 nitrogen and oxygen atoms in total. The molecule has 0 spiro atoms. The van der Waals surface area contributed by atoms with Gasteiger partial charge in [0.1, 0.15) is 11.2 Å². The molecule has 1 saturated heterocycles. The lowest BCUT2D eigenvalue weighted by atomic mass is 9.94.